The van der Waals surface area contributed by atoms with Gasteiger partial charge in [0.25, 0.3) is 0 Å². The maximum absolute atomic E-state index is 11.4. The molecule has 0 amide bonds. The monoisotopic (exact) mass is 248 g/mol. The molecule has 3 rings (SSSR count). The number of phenolic OH excluding ortho intramolecular Hbond substituents is 1. The number of aliphatic carboxylic acids is 1. The number of fused-ring (bicyclic) bond motifs is 1. The Bertz CT molecular complexity index is 596. The lowest BCUT2D eigenvalue weighted by molar-refractivity contribution is -0.147. The number of thiophene rings is 1. The molecule has 0 atom stereocenters. The highest BCUT2D eigenvalue weighted by atomic mass is 32.1. The lowest BCUT2D eigenvalue weighted by Crippen LogP contribution is -2.42. The van der Waals surface area contributed by atoms with Crippen molar-refractivity contribution < 1.29 is 15.0 Å². The zero-order valence-corrected chi connectivity index (χ0v) is 9.96. The highest BCUT2D eigenvalue weighted by Gasteiger charge is 2.47. The van der Waals surface area contributed by atoms with Crippen LogP contribution in [0.15, 0.2) is 23.6 Å². The number of aromatic hydroxyl groups is 1. The number of hydrogen-bond acceptors (Lipinski definition) is 3. The van der Waals surface area contributed by atoms with Crippen molar-refractivity contribution in [2.75, 3.05) is 0 Å². The summed E-state index contributed by atoms with van der Waals surface area (Å²) in [4.78, 5) is 11.4. The second-order valence-corrected chi connectivity index (χ2v) is 5.48. The molecule has 0 bridgehead atoms. The highest BCUT2D eigenvalue weighted by Crippen LogP contribution is 2.49. The number of rotatable bonds is 2. The standard InChI is InChI=1S/C13H12O3S/c14-11-8-4-7-17-10(8)3-2-9(11)13(12(15)16)5-1-6-13/h2-4,7,14H,1,5-6H2,(H,15,16). The van der Waals surface area contributed by atoms with E-state index in [-0.39, 0.29) is 5.75 Å². The third-order valence-electron chi connectivity index (χ3n) is 3.74. The maximum atomic E-state index is 11.4. The van der Waals surface area contributed by atoms with Gasteiger partial charge in [0, 0.05) is 15.6 Å². The normalized spacial score (nSPS) is 17.9. The molecule has 1 aromatic heterocycles. The predicted octanol–water partition coefficient (Wildman–Crippen LogP) is 3.11. The summed E-state index contributed by atoms with van der Waals surface area (Å²) in [5, 5.41) is 22.3. The minimum Gasteiger partial charge on any atom is -0.507 e. The van der Waals surface area contributed by atoms with Gasteiger partial charge in [-0.3, -0.25) is 4.79 Å². The molecule has 1 heterocycles. The number of benzene rings is 1. The van der Waals surface area contributed by atoms with E-state index in [1.54, 1.807) is 17.4 Å². The summed E-state index contributed by atoms with van der Waals surface area (Å²) in [6, 6.07) is 5.51. The van der Waals surface area contributed by atoms with Gasteiger partial charge < -0.3 is 10.2 Å². The van der Waals surface area contributed by atoms with Crippen LogP contribution in [0, 0.1) is 0 Å². The molecule has 3 nitrogen and oxygen atoms in total. The molecule has 88 valence electrons. The Morgan fingerprint density at radius 1 is 1.29 bits per heavy atom. The van der Waals surface area contributed by atoms with Crippen LogP contribution < -0.4 is 0 Å². The van der Waals surface area contributed by atoms with E-state index < -0.39 is 11.4 Å². The molecular weight excluding hydrogens is 236 g/mol. The number of phenols is 1. The molecule has 0 saturated heterocycles. The summed E-state index contributed by atoms with van der Waals surface area (Å²) in [5.41, 5.74) is -0.289. The van der Waals surface area contributed by atoms with Gasteiger partial charge in [0.2, 0.25) is 0 Å². The first-order valence-electron chi connectivity index (χ1n) is 5.58. The van der Waals surface area contributed by atoms with Gasteiger partial charge in [0.15, 0.2) is 0 Å². The summed E-state index contributed by atoms with van der Waals surface area (Å²) in [7, 11) is 0. The van der Waals surface area contributed by atoms with Crippen molar-refractivity contribution >= 4 is 27.4 Å². The Hall–Kier alpha value is -1.55. The predicted molar refractivity (Wildman–Crippen MR) is 66.7 cm³/mol. The van der Waals surface area contributed by atoms with E-state index in [1.807, 2.05) is 17.5 Å². The van der Waals surface area contributed by atoms with Gasteiger partial charge in [-0.15, -0.1) is 11.3 Å². The van der Waals surface area contributed by atoms with Gasteiger partial charge >= 0.3 is 5.97 Å². The van der Waals surface area contributed by atoms with Gasteiger partial charge in [-0.25, -0.2) is 0 Å². The van der Waals surface area contributed by atoms with Crippen LogP contribution in [0.25, 0.3) is 10.1 Å². The van der Waals surface area contributed by atoms with Crippen LogP contribution in [-0.4, -0.2) is 16.2 Å². The van der Waals surface area contributed by atoms with Gasteiger partial charge in [-0.05, 0) is 30.4 Å². The molecular formula is C13H12O3S. The smallest absolute Gasteiger partial charge is 0.314 e. The van der Waals surface area contributed by atoms with Crippen molar-refractivity contribution in [3.63, 3.8) is 0 Å². The molecule has 0 spiro atoms. The summed E-state index contributed by atoms with van der Waals surface area (Å²) in [6.07, 6.45) is 2.14. The minimum absolute atomic E-state index is 0.144. The van der Waals surface area contributed by atoms with Crippen LogP contribution >= 0.6 is 11.3 Å². The fraction of sp³-hybridized carbons (Fsp3) is 0.308. The van der Waals surface area contributed by atoms with E-state index in [4.69, 9.17) is 0 Å². The first-order valence-corrected chi connectivity index (χ1v) is 6.46. The number of carboxylic acids is 1. The van der Waals surface area contributed by atoms with Crippen molar-refractivity contribution in [2.45, 2.75) is 24.7 Å². The molecule has 0 aliphatic heterocycles. The SMILES string of the molecule is O=C(O)C1(c2ccc3sccc3c2O)CCC1. The van der Waals surface area contributed by atoms with Crippen LogP contribution in [0.1, 0.15) is 24.8 Å². The zero-order chi connectivity index (χ0) is 12.0. The second kappa shape index (κ2) is 3.47. The third-order valence-corrected chi connectivity index (χ3v) is 4.62. The van der Waals surface area contributed by atoms with Gasteiger partial charge in [-0.2, -0.15) is 0 Å². The number of carboxylic acid groups (broad SMARTS) is 1. The molecule has 1 saturated carbocycles. The van der Waals surface area contributed by atoms with E-state index in [2.05, 4.69) is 0 Å². The molecule has 0 unspecified atom stereocenters. The van der Waals surface area contributed by atoms with Crippen molar-refractivity contribution in [2.24, 2.45) is 0 Å². The van der Waals surface area contributed by atoms with Crippen LogP contribution in [0.2, 0.25) is 0 Å². The largest absolute Gasteiger partial charge is 0.507 e. The Labute approximate surface area is 102 Å². The Kier molecular flexibility index (Phi) is 2.16. The third kappa shape index (κ3) is 1.30. The molecule has 0 radical (unpaired) electrons. The molecule has 2 N–H and O–H groups in total. The average Bonchev–Trinajstić information content (AvgIpc) is 2.67. The van der Waals surface area contributed by atoms with E-state index in [1.165, 1.54) is 0 Å². The van der Waals surface area contributed by atoms with Crippen LogP contribution in [0.3, 0.4) is 0 Å². The second-order valence-electron chi connectivity index (χ2n) is 4.53. The van der Waals surface area contributed by atoms with E-state index in [0.29, 0.717) is 18.4 Å². The summed E-state index contributed by atoms with van der Waals surface area (Å²) in [5.74, 6) is -0.681. The average molecular weight is 248 g/mol. The lowest BCUT2D eigenvalue weighted by atomic mass is 9.64. The van der Waals surface area contributed by atoms with Crippen molar-refractivity contribution in [1.29, 1.82) is 0 Å². The number of hydrogen-bond donors (Lipinski definition) is 2. The summed E-state index contributed by atoms with van der Waals surface area (Å²) >= 11 is 1.55. The number of carbonyl (C=O) groups is 1. The highest BCUT2D eigenvalue weighted by molar-refractivity contribution is 7.17. The Morgan fingerprint density at radius 3 is 2.65 bits per heavy atom. The zero-order valence-electron chi connectivity index (χ0n) is 9.14. The summed E-state index contributed by atoms with van der Waals surface area (Å²) < 4.78 is 0.992. The summed E-state index contributed by atoms with van der Waals surface area (Å²) in [6.45, 7) is 0. The Balaban J connectivity index is 2.23. The maximum Gasteiger partial charge on any atom is 0.314 e. The van der Waals surface area contributed by atoms with Gasteiger partial charge in [0.1, 0.15) is 5.75 Å². The first kappa shape index (κ1) is 10.6. The van der Waals surface area contributed by atoms with Crippen molar-refractivity contribution in [3.8, 4) is 5.75 Å². The molecule has 1 aromatic carbocycles. The molecule has 1 aliphatic rings. The molecule has 2 aromatic rings. The quantitative estimate of drug-likeness (QED) is 0.858. The van der Waals surface area contributed by atoms with Crippen LogP contribution in [-0.2, 0) is 10.2 Å². The van der Waals surface area contributed by atoms with Gasteiger partial charge in [-0.1, -0.05) is 12.5 Å². The van der Waals surface area contributed by atoms with Crippen LogP contribution in [0.4, 0.5) is 0 Å². The van der Waals surface area contributed by atoms with Crippen molar-refractivity contribution in [1.82, 2.24) is 0 Å². The lowest BCUT2D eigenvalue weighted by Gasteiger charge is -2.38. The molecule has 4 heteroatoms. The fourth-order valence-corrected chi connectivity index (χ4v) is 3.33. The topological polar surface area (TPSA) is 57.5 Å². The van der Waals surface area contributed by atoms with E-state index in [9.17, 15) is 15.0 Å². The van der Waals surface area contributed by atoms with Crippen molar-refractivity contribution in [3.05, 3.63) is 29.1 Å². The molecule has 1 aliphatic carbocycles. The fourth-order valence-electron chi connectivity index (χ4n) is 2.54. The van der Waals surface area contributed by atoms with Crippen LogP contribution in [0.5, 0.6) is 5.75 Å². The Morgan fingerprint density at radius 2 is 2.06 bits per heavy atom. The first-order chi connectivity index (χ1) is 8.15. The molecule has 1 fully saturated rings. The molecule has 17 heavy (non-hydrogen) atoms. The minimum atomic E-state index is -0.861. The van der Waals surface area contributed by atoms with E-state index in [0.717, 1.165) is 16.5 Å². The van der Waals surface area contributed by atoms with E-state index >= 15 is 0 Å². The van der Waals surface area contributed by atoms with Gasteiger partial charge in [0.05, 0.1) is 5.41 Å².